The van der Waals surface area contributed by atoms with Gasteiger partial charge in [0, 0.05) is 18.7 Å². The molecule has 1 unspecified atom stereocenters. The summed E-state index contributed by atoms with van der Waals surface area (Å²) in [5, 5.41) is 12.3. The summed E-state index contributed by atoms with van der Waals surface area (Å²) >= 11 is 0. The van der Waals surface area contributed by atoms with Crippen LogP contribution in [0.25, 0.3) is 0 Å². The molecule has 1 aromatic rings. The molecule has 108 valence electrons. The van der Waals surface area contributed by atoms with E-state index in [9.17, 15) is 4.39 Å². The van der Waals surface area contributed by atoms with E-state index in [4.69, 9.17) is 5.26 Å². The predicted molar refractivity (Wildman–Crippen MR) is 77.7 cm³/mol. The van der Waals surface area contributed by atoms with E-state index in [1.807, 2.05) is 0 Å². The molecule has 3 nitrogen and oxygen atoms in total. The lowest BCUT2D eigenvalue weighted by Gasteiger charge is -2.29. The van der Waals surface area contributed by atoms with Gasteiger partial charge >= 0.3 is 0 Å². The third-order valence-electron chi connectivity index (χ3n) is 3.93. The Labute approximate surface area is 120 Å². The van der Waals surface area contributed by atoms with Gasteiger partial charge in [-0.05, 0) is 56.6 Å². The zero-order chi connectivity index (χ0) is 14.4. The molecule has 1 N–H and O–H groups in total. The topological polar surface area (TPSA) is 39.1 Å². The van der Waals surface area contributed by atoms with Gasteiger partial charge in [0.1, 0.15) is 5.82 Å². The van der Waals surface area contributed by atoms with Crippen LogP contribution in [-0.2, 0) is 6.54 Å². The van der Waals surface area contributed by atoms with Crippen molar-refractivity contribution in [1.29, 1.82) is 5.26 Å². The van der Waals surface area contributed by atoms with E-state index < -0.39 is 0 Å². The minimum atomic E-state index is -0.218. The Bertz CT molecular complexity index is 475. The normalized spacial score (nSPS) is 19.0. The summed E-state index contributed by atoms with van der Waals surface area (Å²) in [5.74, 6) is 0.426. The Morgan fingerprint density at radius 3 is 3.00 bits per heavy atom. The maximum Gasteiger partial charge on any atom is 0.127 e. The Morgan fingerprint density at radius 2 is 2.35 bits per heavy atom. The highest BCUT2D eigenvalue weighted by Crippen LogP contribution is 2.16. The van der Waals surface area contributed by atoms with Crippen LogP contribution < -0.4 is 5.32 Å². The van der Waals surface area contributed by atoms with E-state index in [0.29, 0.717) is 23.6 Å². The lowest BCUT2D eigenvalue weighted by molar-refractivity contribution is 0.207. The van der Waals surface area contributed by atoms with Gasteiger partial charge in [-0.3, -0.25) is 4.90 Å². The number of nitriles is 1. The fourth-order valence-corrected chi connectivity index (χ4v) is 2.76. The van der Waals surface area contributed by atoms with Crippen LogP contribution in [0.15, 0.2) is 18.2 Å². The summed E-state index contributed by atoms with van der Waals surface area (Å²) in [4.78, 5) is 2.26. The maximum atomic E-state index is 13.8. The molecule has 1 saturated heterocycles. The highest BCUT2D eigenvalue weighted by molar-refractivity contribution is 5.33. The van der Waals surface area contributed by atoms with Crippen LogP contribution in [-0.4, -0.2) is 31.1 Å². The van der Waals surface area contributed by atoms with Gasteiger partial charge in [0.25, 0.3) is 0 Å². The Kier molecular flexibility index (Phi) is 5.51. The quantitative estimate of drug-likeness (QED) is 0.897. The minimum absolute atomic E-state index is 0.218. The van der Waals surface area contributed by atoms with Crippen molar-refractivity contribution in [3.8, 4) is 6.07 Å². The molecule has 4 heteroatoms. The molecule has 1 aliphatic heterocycles. The molecule has 0 amide bonds. The van der Waals surface area contributed by atoms with Crippen molar-refractivity contribution in [3.05, 3.63) is 35.1 Å². The van der Waals surface area contributed by atoms with Gasteiger partial charge in [-0.1, -0.05) is 6.92 Å². The average molecular weight is 275 g/mol. The Hall–Kier alpha value is -1.44. The molecule has 20 heavy (non-hydrogen) atoms. The van der Waals surface area contributed by atoms with Crippen LogP contribution in [0.3, 0.4) is 0 Å². The van der Waals surface area contributed by atoms with Crippen molar-refractivity contribution >= 4 is 0 Å². The van der Waals surface area contributed by atoms with Crippen molar-refractivity contribution in [1.82, 2.24) is 10.2 Å². The number of rotatable bonds is 5. The van der Waals surface area contributed by atoms with Gasteiger partial charge in [-0.25, -0.2) is 4.39 Å². The zero-order valence-electron chi connectivity index (χ0n) is 12.0. The van der Waals surface area contributed by atoms with Crippen LogP contribution in [0.4, 0.5) is 4.39 Å². The molecular weight excluding hydrogens is 253 g/mol. The number of benzene rings is 1. The molecule has 1 heterocycles. The van der Waals surface area contributed by atoms with Crippen LogP contribution in [0.5, 0.6) is 0 Å². The molecule has 0 aromatic heterocycles. The van der Waals surface area contributed by atoms with E-state index in [0.717, 1.165) is 26.2 Å². The van der Waals surface area contributed by atoms with Gasteiger partial charge in [0.2, 0.25) is 0 Å². The van der Waals surface area contributed by atoms with Crippen LogP contribution in [0, 0.1) is 23.1 Å². The molecule has 0 radical (unpaired) electrons. The molecule has 0 aliphatic carbocycles. The first kappa shape index (κ1) is 15.0. The van der Waals surface area contributed by atoms with E-state index in [-0.39, 0.29) is 5.82 Å². The second-order valence-electron chi connectivity index (χ2n) is 5.46. The smallest absolute Gasteiger partial charge is 0.127 e. The highest BCUT2D eigenvalue weighted by Gasteiger charge is 2.17. The second-order valence-corrected chi connectivity index (χ2v) is 5.46. The Balaban J connectivity index is 2.00. The van der Waals surface area contributed by atoms with Gasteiger partial charge in [0.15, 0.2) is 0 Å². The fraction of sp³-hybridized carbons (Fsp3) is 0.562. The van der Waals surface area contributed by atoms with E-state index in [1.54, 1.807) is 6.07 Å². The lowest BCUT2D eigenvalue weighted by Crippen LogP contribution is -2.38. The summed E-state index contributed by atoms with van der Waals surface area (Å²) < 4.78 is 13.8. The van der Waals surface area contributed by atoms with Crippen molar-refractivity contribution in [2.45, 2.75) is 26.3 Å². The fourth-order valence-electron chi connectivity index (χ4n) is 2.76. The first-order valence-electron chi connectivity index (χ1n) is 7.34. The summed E-state index contributed by atoms with van der Waals surface area (Å²) in [5.41, 5.74) is 1.14. The van der Waals surface area contributed by atoms with Crippen molar-refractivity contribution in [3.63, 3.8) is 0 Å². The first-order chi connectivity index (χ1) is 9.72. The maximum absolute atomic E-state index is 13.8. The molecule has 0 bridgehead atoms. The third-order valence-corrected chi connectivity index (χ3v) is 3.93. The van der Waals surface area contributed by atoms with Crippen LogP contribution in [0.1, 0.15) is 30.9 Å². The molecule has 2 rings (SSSR count). The van der Waals surface area contributed by atoms with Gasteiger partial charge in [0.05, 0.1) is 11.6 Å². The van der Waals surface area contributed by atoms with Gasteiger partial charge in [-0.2, -0.15) is 5.26 Å². The molecule has 1 aliphatic rings. The standard InChI is InChI=1S/C16H22FN3/c1-2-20(11-14-4-3-7-19-10-14)12-15-8-13(9-18)5-6-16(15)17/h5-6,8,14,19H,2-4,7,10-12H2,1H3. The van der Waals surface area contributed by atoms with E-state index >= 15 is 0 Å². The van der Waals surface area contributed by atoms with Crippen molar-refractivity contribution in [2.75, 3.05) is 26.2 Å². The number of nitrogens with one attached hydrogen (secondary N) is 1. The van der Waals surface area contributed by atoms with Crippen LogP contribution in [0.2, 0.25) is 0 Å². The van der Waals surface area contributed by atoms with Crippen LogP contribution >= 0.6 is 0 Å². The molecule has 0 saturated carbocycles. The largest absolute Gasteiger partial charge is 0.316 e. The predicted octanol–water partition coefficient (Wildman–Crippen LogP) is 2.52. The molecular formula is C16H22FN3. The zero-order valence-corrected chi connectivity index (χ0v) is 12.0. The number of halogens is 1. The summed E-state index contributed by atoms with van der Waals surface area (Å²) in [6, 6.07) is 6.66. The van der Waals surface area contributed by atoms with Gasteiger partial charge in [-0.15, -0.1) is 0 Å². The summed E-state index contributed by atoms with van der Waals surface area (Å²) in [6.07, 6.45) is 2.46. The first-order valence-corrected chi connectivity index (χ1v) is 7.34. The lowest BCUT2D eigenvalue weighted by atomic mass is 9.98. The molecule has 1 aromatic carbocycles. The van der Waals surface area contributed by atoms with Crippen molar-refractivity contribution < 1.29 is 4.39 Å². The number of piperidine rings is 1. The third kappa shape index (κ3) is 4.03. The number of hydrogen-bond donors (Lipinski definition) is 1. The van der Waals surface area contributed by atoms with Gasteiger partial charge < -0.3 is 5.32 Å². The monoisotopic (exact) mass is 275 g/mol. The highest BCUT2D eigenvalue weighted by atomic mass is 19.1. The second kappa shape index (κ2) is 7.37. The summed E-state index contributed by atoms with van der Waals surface area (Å²) in [7, 11) is 0. The molecule has 1 fully saturated rings. The number of nitrogens with zero attached hydrogens (tertiary/aromatic N) is 2. The van der Waals surface area contributed by atoms with Crippen molar-refractivity contribution in [2.24, 2.45) is 5.92 Å². The SMILES string of the molecule is CCN(Cc1cc(C#N)ccc1F)CC1CCCNC1. The summed E-state index contributed by atoms with van der Waals surface area (Å²) in [6.45, 7) is 6.72. The number of hydrogen-bond acceptors (Lipinski definition) is 3. The van der Waals surface area contributed by atoms with E-state index in [1.165, 1.54) is 25.0 Å². The average Bonchev–Trinajstić information content (AvgIpc) is 2.49. The minimum Gasteiger partial charge on any atom is -0.316 e. The molecule has 1 atom stereocenters. The van der Waals surface area contributed by atoms with E-state index in [2.05, 4.69) is 23.2 Å². The molecule has 0 spiro atoms. The Morgan fingerprint density at radius 1 is 1.50 bits per heavy atom.